The fraction of sp³-hybridized carbons (Fsp3) is 0.312. The number of nitrogens with zero attached hydrogens (tertiary/aromatic N) is 1. The second-order valence-corrected chi connectivity index (χ2v) is 14.7. The van der Waals surface area contributed by atoms with Crippen LogP contribution >= 0.6 is 54.5 Å². The monoisotopic (exact) mass is 779 g/mol. The highest BCUT2D eigenvalue weighted by molar-refractivity contribution is 14.1. The number of carboxylic acids is 1. The molecule has 0 fully saturated rings. The molecular weight excluding hydrogens is 749 g/mol. The van der Waals surface area contributed by atoms with Gasteiger partial charge in [0.1, 0.15) is 24.7 Å². The van der Waals surface area contributed by atoms with Crippen molar-refractivity contribution in [1.29, 1.82) is 0 Å². The van der Waals surface area contributed by atoms with Gasteiger partial charge >= 0.3 is 5.97 Å². The first-order chi connectivity index (χ1) is 18.6. The van der Waals surface area contributed by atoms with Gasteiger partial charge in [0, 0.05) is 14.5 Å². The van der Waals surface area contributed by atoms with Crippen molar-refractivity contribution < 1.29 is 19.4 Å². The van der Waals surface area contributed by atoms with Crippen molar-refractivity contribution in [2.24, 2.45) is 0 Å². The number of aromatic nitrogens is 1. The number of hydrogen-bond acceptors (Lipinski definition) is 4. The molecule has 0 aliphatic rings. The third-order valence-corrected chi connectivity index (χ3v) is 8.59. The number of aromatic carboxylic acids is 1. The number of rotatable bonds is 7. The van der Waals surface area contributed by atoms with Gasteiger partial charge in [0.15, 0.2) is 0 Å². The molecule has 0 saturated heterocycles. The Morgan fingerprint density at radius 3 is 1.82 bits per heavy atom. The average molecular weight is 781 g/mol. The molecule has 210 valence electrons. The van der Waals surface area contributed by atoms with Crippen molar-refractivity contribution in [2.45, 2.75) is 65.6 Å². The maximum Gasteiger partial charge on any atom is 0.338 e. The molecule has 0 amide bonds. The lowest BCUT2D eigenvalue weighted by molar-refractivity contribution is 0.0690. The summed E-state index contributed by atoms with van der Waals surface area (Å²) in [5, 5.41) is 11.1. The number of halogens is 3. The van der Waals surface area contributed by atoms with Gasteiger partial charge in [-0.1, -0.05) is 53.7 Å². The molecule has 0 saturated carbocycles. The Labute approximate surface area is 266 Å². The van der Waals surface area contributed by atoms with Crippen molar-refractivity contribution in [3.63, 3.8) is 0 Å². The molecular formula is C32H32Br2INO4. The molecule has 0 aliphatic heterocycles. The van der Waals surface area contributed by atoms with E-state index in [4.69, 9.17) is 14.5 Å². The number of ether oxygens (including phenoxy) is 2. The topological polar surface area (TPSA) is 68.7 Å². The van der Waals surface area contributed by atoms with E-state index in [9.17, 15) is 9.90 Å². The lowest BCUT2D eigenvalue weighted by Gasteiger charge is -2.21. The summed E-state index contributed by atoms with van der Waals surface area (Å²) in [4.78, 5) is 17.4. The fourth-order valence-electron chi connectivity index (χ4n) is 4.33. The van der Waals surface area contributed by atoms with Crippen LogP contribution in [0, 0.1) is 3.57 Å². The van der Waals surface area contributed by atoms with Crippen LogP contribution in [0.4, 0.5) is 0 Å². The molecule has 0 unspecified atom stereocenters. The zero-order chi connectivity index (χ0) is 29.4. The molecule has 1 N–H and O–H groups in total. The first-order valence-corrected chi connectivity index (χ1v) is 15.5. The molecule has 40 heavy (non-hydrogen) atoms. The zero-order valence-electron chi connectivity index (χ0n) is 23.4. The molecule has 4 rings (SSSR count). The summed E-state index contributed by atoms with van der Waals surface area (Å²) >= 11 is 9.46. The van der Waals surface area contributed by atoms with Gasteiger partial charge in [0.2, 0.25) is 0 Å². The van der Waals surface area contributed by atoms with Gasteiger partial charge in [0.25, 0.3) is 0 Å². The first-order valence-electron chi connectivity index (χ1n) is 12.8. The maximum atomic E-state index is 12.7. The molecule has 0 radical (unpaired) electrons. The number of carbonyl (C=O) groups is 1. The van der Waals surface area contributed by atoms with Crippen molar-refractivity contribution >= 4 is 71.3 Å². The molecule has 8 heteroatoms. The van der Waals surface area contributed by atoms with Crippen molar-refractivity contribution in [3.05, 3.63) is 95.1 Å². The van der Waals surface area contributed by atoms with Gasteiger partial charge in [-0.15, -0.1) is 0 Å². The minimum absolute atomic E-state index is 0.00595. The molecule has 0 bridgehead atoms. The molecule has 0 aliphatic carbocycles. The summed E-state index contributed by atoms with van der Waals surface area (Å²) in [6.45, 7) is 13.0. The normalized spacial score (nSPS) is 12.0. The highest BCUT2D eigenvalue weighted by atomic mass is 127. The largest absolute Gasteiger partial charge is 0.488 e. The van der Waals surface area contributed by atoms with E-state index in [1.165, 1.54) is 5.56 Å². The summed E-state index contributed by atoms with van der Waals surface area (Å²) in [6, 6.07) is 17.8. The summed E-state index contributed by atoms with van der Waals surface area (Å²) in [7, 11) is 0. The number of benzene rings is 3. The highest BCUT2D eigenvalue weighted by Gasteiger charge is 2.23. The quantitative estimate of drug-likeness (QED) is 0.189. The Kier molecular flexibility index (Phi) is 9.22. The van der Waals surface area contributed by atoms with E-state index in [2.05, 4.69) is 96.0 Å². The number of fused-ring (bicyclic) bond motifs is 1. The molecule has 1 heterocycles. The van der Waals surface area contributed by atoms with Crippen LogP contribution in [0.2, 0.25) is 0 Å². The number of carboxylic acid groups (broad SMARTS) is 1. The van der Waals surface area contributed by atoms with E-state index in [0.29, 0.717) is 28.3 Å². The third-order valence-electron chi connectivity index (χ3n) is 6.68. The maximum absolute atomic E-state index is 12.7. The molecule has 1 aromatic heterocycles. The Morgan fingerprint density at radius 2 is 1.35 bits per heavy atom. The highest BCUT2D eigenvalue weighted by Crippen LogP contribution is 2.35. The number of hydrogen-bond donors (Lipinski definition) is 1. The Morgan fingerprint density at radius 1 is 0.825 bits per heavy atom. The van der Waals surface area contributed by atoms with Crippen LogP contribution in [0.3, 0.4) is 0 Å². The Hall–Kier alpha value is -2.17. The predicted molar refractivity (Wildman–Crippen MR) is 176 cm³/mol. The van der Waals surface area contributed by atoms with Gasteiger partial charge < -0.3 is 14.6 Å². The van der Waals surface area contributed by atoms with Crippen LogP contribution in [0.15, 0.2) is 63.5 Å². The van der Waals surface area contributed by atoms with E-state index in [-0.39, 0.29) is 29.6 Å². The van der Waals surface area contributed by atoms with E-state index in [0.717, 1.165) is 23.5 Å². The molecule has 0 atom stereocenters. The van der Waals surface area contributed by atoms with Crippen LogP contribution < -0.4 is 9.47 Å². The summed E-state index contributed by atoms with van der Waals surface area (Å²) in [5.74, 6) is 0.185. The molecule has 3 aromatic carbocycles. The summed E-state index contributed by atoms with van der Waals surface area (Å²) in [5.41, 5.74) is 4.00. The predicted octanol–water partition coefficient (Wildman–Crippen LogP) is 9.82. The third kappa shape index (κ3) is 6.99. The smallest absolute Gasteiger partial charge is 0.338 e. The van der Waals surface area contributed by atoms with Gasteiger partial charge in [-0.2, -0.15) is 0 Å². The van der Waals surface area contributed by atoms with Crippen LogP contribution in [0.25, 0.3) is 10.9 Å². The van der Waals surface area contributed by atoms with Crippen molar-refractivity contribution in [1.82, 2.24) is 4.98 Å². The lowest BCUT2D eigenvalue weighted by atomic mass is 9.87. The van der Waals surface area contributed by atoms with E-state index in [1.807, 2.05) is 54.6 Å². The minimum atomic E-state index is -1.07. The standard InChI is InChI=1S/C32H32Br2INO4/c1-31(2,3)18-7-11-27(23(33)13-18)39-16-22-21-15-20(35)9-10-25(21)36-26(29(22)30(37)38)17-40-28-12-8-19(14-24(28)34)32(4,5)6/h7-15H,16-17H2,1-6H3,(H,37,38). The van der Waals surface area contributed by atoms with Gasteiger partial charge in [-0.25, -0.2) is 9.78 Å². The molecule has 4 aromatic rings. The van der Waals surface area contributed by atoms with Gasteiger partial charge in [0.05, 0.1) is 25.7 Å². The summed E-state index contributed by atoms with van der Waals surface area (Å²) < 4.78 is 14.9. The van der Waals surface area contributed by atoms with Crippen LogP contribution in [0.5, 0.6) is 11.5 Å². The summed E-state index contributed by atoms with van der Waals surface area (Å²) in [6.07, 6.45) is 0. The minimum Gasteiger partial charge on any atom is -0.488 e. The van der Waals surface area contributed by atoms with Gasteiger partial charge in [-0.3, -0.25) is 0 Å². The van der Waals surface area contributed by atoms with E-state index < -0.39 is 5.97 Å². The van der Waals surface area contributed by atoms with Crippen LogP contribution in [-0.2, 0) is 24.0 Å². The van der Waals surface area contributed by atoms with E-state index >= 15 is 0 Å². The zero-order valence-corrected chi connectivity index (χ0v) is 28.7. The van der Waals surface area contributed by atoms with Gasteiger partial charge in [-0.05, 0) is 119 Å². The Balaban J connectivity index is 1.72. The SMILES string of the molecule is CC(C)(C)c1ccc(OCc2nc3ccc(I)cc3c(COc3ccc(C(C)(C)C)cc3Br)c2C(=O)O)c(Br)c1. The molecule has 0 spiro atoms. The number of pyridine rings is 1. The second kappa shape index (κ2) is 12.0. The average Bonchev–Trinajstić information content (AvgIpc) is 2.85. The lowest BCUT2D eigenvalue weighted by Crippen LogP contribution is -2.15. The van der Waals surface area contributed by atoms with Crippen molar-refractivity contribution in [3.8, 4) is 11.5 Å². The second-order valence-electron chi connectivity index (χ2n) is 11.7. The fourth-order valence-corrected chi connectivity index (χ4v) is 5.81. The Bertz CT molecular complexity index is 1590. The molecule has 5 nitrogen and oxygen atoms in total. The van der Waals surface area contributed by atoms with Crippen LogP contribution in [0.1, 0.15) is 74.3 Å². The van der Waals surface area contributed by atoms with Crippen molar-refractivity contribution in [2.75, 3.05) is 0 Å². The van der Waals surface area contributed by atoms with Crippen LogP contribution in [-0.4, -0.2) is 16.1 Å². The van der Waals surface area contributed by atoms with E-state index in [1.54, 1.807) is 0 Å². The first kappa shape index (κ1) is 30.8.